The standard InChI is InChI=1S/C16H17N5O2/c1-2-21-13-7-4-3-6-12(13)15(22)14(19-21)16(23)17-9-11-20-10-5-8-18-20/h3-8,10H,2,9,11H2,1H3,(H,17,23). The average Bonchev–Trinajstić information content (AvgIpc) is 3.09. The summed E-state index contributed by atoms with van der Waals surface area (Å²) < 4.78 is 3.37. The maximum absolute atomic E-state index is 12.5. The van der Waals surface area contributed by atoms with Crippen molar-refractivity contribution in [1.29, 1.82) is 0 Å². The second-order valence-corrected chi connectivity index (χ2v) is 5.04. The number of carbonyl (C=O) groups excluding carboxylic acids is 1. The van der Waals surface area contributed by atoms with Crippen molar-refractivity contribution >= 4 is 16.8 Å². The lowest BCUT2D eigenvalue weighted by Gasteiger charge is -2.10. The predicted molar refractivity (Wildman–Crippen MR) is 86.2 cm³/mol. The first-order chi connectivity index (χ1) is 11.2. The molecule has 0 bridgehead atoms. The number of para-hydroxylation sites is 1. The van der Waals surface area contributed by atoms with Crippen LogP contribution >= 0.6 is 0 Å². The molecule has 0 aliphatic heterocycles. The molecule has 7 nitrogen and oxygen atoms in total. The van der Waals surface area contributed by atoms with Crippen molar-refractivity contribution in [2.75, 3.05) is 6.54 Å². The molecule has 3 aromatic rings. The van der Waals surface area contributed by atoms with Crippen LogP contribution in [0.25, 0.3) is 10.9 Å². The van der Waals surface area contributed by atoms with Crippen LogP contribution in [0.5, 0.6) is 0 Å². The molecule has 23 heavy (non-hydrogen) atoms. The van der Waals surface area contributed by atoms with Gasteiger partial charge in [0.05, 0.1) is 12.1 Å². The average molecular weight is 311 g/mol. The Morgan fingerprint density at radius 1 is 1.26 bits per heavy atom. The number of benzene rings is 1. The lowest BCUT2D eigenvalue weighted by molar-refractivity contribution is 0.0944. The molecule has 1 aromatic carbocycles. The zero-order valence-electron chi connectivity index (χ0n) is 12.8. The van der Waals surface area contributed by atoms with Crippen LogP contribution in [0.4, 0.5) is 0 Å². The molecule has 0 saturated heterocycles. The summed E-state index contributed by atoms with van der Waals surface area (Å²) in [6.07, 6.45) is 3.48. The topological polar surface area (TPSA) is 81.8 Å². The summed E-state index contributed by atoms with van der Waals surface area (Å²) in [5.41, 5.74) is 0.306. The van der Waals surface area contributed by atoms with Crippen molar-refractivity contribution in [3.8, 4) is 0 Å². The smallest absolute Gasteiger partial charge is 0.275 e. The molecule has 7 heteroatoms. The molecule has 118 valence electrons. The maximum atomic E-state index is 12.5. The van der Waals surface area contributed by atoms with Crippen LogP contribution in [0.2, 0.25) is 0 Å². The summed E-state index contributed by atoms with van der Waals surface area (Å²) >= 11 is 0. The van der Waals surface area contributed by atoms with E-state index in [0.717, 1.165) is 5.52 Å². The third kappa shape index (κ3) is 2.98. The molecule has 0 spiro atoms. The number of fused-ring (bicyclic) bond motifs is 1. The van der Waals surface area contributed by atoms with Crippen molar-refractivity contribution in [1.82, 2.24) is 24.9 Å². The molecule has 2 heterocycles. The maximum Gasteiger partial charge on any atom is 0.275 e. The highest BCUT2D eigenvalue weighted by molar-refractivity contribution is 5.95. The Labute approximate surface area is 132 Å². The zero-order valence-corrected chi connectivity index (χ0v) is 12.8. The van der Waals surface area contributed by atoms with Crippen LogP contribution in [-0.2, 0) is 13.1 Å². The summed E-state index contributed by atoms with van der Waals surface area (Å²) in [5, 5.41) is 11.5. The predicted octanol–water partition coefficient (Wildman–Crippen LogP) is 1.04. The van der Waals surface area contributed by atoms with Crippen LogP contribution < -0.4 is 10.7 Å². The number of nitrogens with zero attached hydrogens (tertiary/aromatic N) is 4. The molecular weight excluding hydrogens is 294 g/mol. The molecule has 2 aromatic heterocycles. The SMILES string of the molecule is CCn1nc(C(=O)NCCn2cccn2)c(=O)c2ccccc21. The van der Waals surface area contributed by atoms with Crippen LogP contribution in [0, 0.1) is 0 Å². The Morgan fingerprint density at radius 2 is 2.09 bits per heavy atom. The van der Waals surface area contributed by atoms with Crippen molar-refractivity contribution in [2.45, 2.75) is 20.0 Å². The fourth-order valence-electron chi connectivity index (χ4n) is 2.43. The van der Waals surface area contributed by atoms with Crippen molar-refractivity contribution < 1.29 is 4.79 Å². The first-order valence-corrected chi connectivity index (χ1v) is 7.46. The number of aryl methyl sites for hydroxylation is 1. The van der Waals surface area contributed by atoms with Crippen LogP contribution in [0.3, 0.4) is 0 Å². The second-order valence-electron chi connectivity index (χ2n) is 5.04. The van der Waals surface area contributed by atoms with Crippen molar-refractivity contribution in [3.63, 3.8) is 0 Å². The molecule has 1 N–H and O–H groups in total. The highest BCUT2D eigenvalue weighted by atomic mass is 16.2. The van der Waals surface area contributed by atoms with E-state index in [-0.39, 0.29) is 11.1 Å². The molecule has 0 saturated carbocycles. The molecule has 1 amide bonds. The van der Waals surface area contributed by atoms with E-state index in [0.29, 0.717) is 25.0 Å². The lowest BCUT2D eigenvalue weighted by atomic mass is 10.2. The molecule has 0 radical (unpaired) electrons. The molecule has 0 aliphatic carbocycles. The summed E-state index contributed by atoms with van der Waals surface area (Å²) in [7, 11) is 0. The fourth-order valence-corrected chi connectivity index (χ4v) is 2.43. The van der Waals surface area contributed by atoms with Gasteiger partial charge in [-0.05, 0) is 25.1 Å². The normalized spacial score (nSPS) is 10.8. The van der Waals surface area contributed by atoms with Crippen LogP contribution in [0.1, 0.15) is 17.4 Å². The van der Waals surface area contributed by atoms with Crippen LogP contribution in [0.15, 0.2) is 47.5 Å². The Hall–Kier alpha value is -2.96. The van der Waals surface area contributed by atoms with E-state index in [1.165, 1.54) is 0 Å². The van der Waals surface area contributed by atoms with Gasteiger partial charge >= 0.3 is 0 Å². The number of amides is 1. The van der Waals surface area contributed by atoms with E-state index in [2.05, 4.69) is 15.5 Å². The van der Waals surface area contributed by atoms with E-state index in [4.69, 9.17) is 0 Å². The van der Waals surface area contributed by atoms with Gasteiger partial charge < -0.3 is 5.32 Å². The van der Waals surface area contributed by atoms with E-state index in [1.807, 2.05) is 31.3 Å². The highest BCUT2D eigenvalue weighted by Gasteiger charge is 2.16. The van der Waals surface area contributed by atoms with Gasteiger partial charge in [-0.3, -0.25) is 19.0 Å². The number of hydrogen-bond acceptors (Lipinski definition) is 4. The van der Waals surface area contributed by atoms with E-state index in [1.54, 1.807) is 27.7 Å². The Kier molecular flexibility index (Phi) is 4.18. The highest BCUT2D eigenvalue weighted by Crippen LogP contribution is 2.09. The minimum Gasteiger partial charge on any atom is -0.349 e. The molecule has 0 atom stereocenters. The largest absolute Gasteiger partial charge is 0.349 e. The number of rotatable bonds is 5. The van der Waals surface area contributed by atoms with Gasteiger partial charge in [0.2, 0.25) is 5.43 Å². The Balaban J connectivity index is 1.85. The quantitative estimate of drug-likeness (QED) is 0.763. The van der Waals surface area contributed by atoms with Gasteiger partial charge in [-0.1, -0.05) is 12.1 Å². The Morgan fingerprint density at radius 3 is 2.83 bits per heavy atom. The first kappa shape index (κ1) is 15.0. The van der Waals surface area contributed by atoms with Gasteiger partial charge in [-0.15, -0.1) is 0 Å². The minimum atomic E-state index is -0.463. The summed E-state index contributed by atoms with van der Waals surface area (Å²) in [6, 6.07) is 8.98. The van der Waals surface area contributed by atoms with Crippen molar-refractivity contribution in [3.05, 3.63) is 58.6 Å². The van der Waals surface area contributed by atoms with E-state index >= 15 is 0 Å². The molecule has 0 unspecified atom stereocenters. The number of hydrogen-bond donors (Lipinski definition) is 1. The van der Waals surface area contributed by atoms with Gasteiger partial charge in [0.25, 0.3) is 5.91 Å². The van der Waals surface area contributed by atoms with Gasteiger partial charge in [-0.25, -0.2) is 0 Å². The molecule has 0 aliphatic rings. The zero-order chi connectivity index (χ0) is 16.2. The van der Waals surface area contributed by atoms with Gasteiger partial charge in [0, 0.05) is 30.9 Å². The second kappa shape index (κ2) is 6.43. The molecule has 0 fully saturated rings. The number of nitrogens with one attached hydrogen (secondary N) is 1. The monoisotopic (exact) mass is 311 g/mol. The minimum absolute atomic E-state index is 0.0778. The van der Waals surface area contributed by atoms with Gasteiger partial charge in [0.1, 0.15) is 0 Å². The van der Waals surface area contributed by atoms with E-state index in [9.17, 15) is 9.59 Å². The lowest BCUT2D eigenvalue weighted by Crippen LogP contribution is -2.34. The summed E-state index contributed by atoms with van der Waals surface area (Å²) in [6.45, 7) is 3.41. The number of aromatic nitrogens is 4. The van der Waals surface area contributed by atoms with Crippen LogP contribution in [-0.4, -0.2) is 32.0 Å². The van der Waals surface area contributed by atoms with Crippen molar-refractivity contribution in [2.24, 2.45) is 0 Å². The third-order valence-corrected chi connectivity index (χ3v) is 3.56. The fraction of sp³-hybridized carbons (Fsp3) is 0.250. The molecule has 3 rings (SSSR count). The summed E-state index contributed by atoms with van der Waals surface area (Å²) in [4.78, 5) is 24.8. The number of carbonyl (C=O) groups is 1. The third-order valence-electron chi connectivity index (χ3n) is 3.56. The van der Waals surface area contributed by atoms with Gasteiger partial charge in [-0.2, -0.15) is 10.2 Å². The molecular formula is C16H17N5O2. The van der Waals surface area contributed by atoms with E-state index < -0.39 is 5.91 Å². The summed E-state index contributed by atoms with van der Waals surface area (Å²) in [5.74, 6) is -0.463. The van der Waals surface area contributed by atoms with Gasteiger partial charge in [0.15, 0.2) is 5.69 Å². The Bertz CT molecular complexity index is 883. The first-order valence-electron chi connectivity index (χ1n) is 7.46.